The average Bonchev–Trinajstić information content (AvgIpc) is 2.78. The summed E-state index contributed by atoms with van der Waals surface area (Å²) in [7, 11) is 0. The molecule has 0 radical (unpaired) electrons. The number of ether oxygens (including phenoxy) is 3. The minimum Gasteiger partial charge on any atom is -0.493 e. The fourth-order valence-corrected chi connectivity index (χ4v) is 3.99. The molecule has 0 bridgehead atoms. The maximum atomic E-state index is 13.0. The van der Waals surface area contributed by atoms with Crippen LogP contribution in [0.5, 0.6) is 5.75 Å². The Bertz CT molecular complexity index is 1090. The van der Waals surface area contributed by atoms with Crippen molar-refractivity contribution in [1.29, 1.82) is 0 Å². The van der Waals surface area contributed by atoms with E-state index in [1.54, 1.807) is 0 Å². The van der Waals surface area contributed by atoms with E-state index in [1.165, 1.54) is 30.5 Å². The van der Waals surface area contributed by atoms with Gasteiger partial charge in [-0.25, -0.2) is 4.79 Å². The first kappa shape index (κ1) is 21.5. The summed E-state index contributed by atoms with van der Waals surface area (Å²) >= 11 is 0. The smallest absolute Gasteiger partial charge is 0.338 e. The van der Waals surface area contributed by atoms with Crippen molar-refractivity contribution in [3.8, 4) is 5.75 Å². The van der Waals surface area contributed by atoms with Crippen LogP contribution < -0.4 is 4.74 Å². The van der Waals surface area contributed by atoms with Gasteiger partial charge in [-0.1, -0.05) is 12.1 Å². The van der Waals surface area contributed by atoms with Crippen LogP contribution in [0.15, 0.2) is 54.5 Å². The number of rotatable bonds is 5. The van der Waals surface area contributed by atoms with Crippen LogP contribution in [-0.4, -0.2) is 28.9 Å². The molecule has 8 nitrogen and oxygen atoms in total. The van der Waals surface area contributed by atoms with Gasteiger partial charge >= 0.3 is 5.97 Å². The van der Waals surface area contributed by atoms with Crippen molar-refractivity contribution in [3.05, 3.63) is 81.3 Å². The third-order valence-corrected chi connectivity index (χ3v) is 5.82. The predicted octanol–water partition coefficient (Wildman–Crippen LogP) is 4.43. The minimum atomic E-state index is -0.556. The number of Topliss-reactive ketones (excluding diaryl/α,β-unsaturated/α-hetero) is 1. The van der Waals surface area contributed by atoms with E-state index in [2.05, 4.69) is 0 Å². The predicted molar refractivity (Wildman–Crippen MR) is 114 cm³/mol. The van der Waals surface area contributed by atoms with E-state index in [-0.39, 0.29) is 28.7 Å². The molecule has 0 amide bonds. The number of aryl methyl sites for hydroxylation is 2. The standard InChI is InChI=1S/C24H23NO7/c1-14-3-4-15(2)20(11-14)32-22-13-30-21-12-18(9-10-19(21)23(22)26)31-24(27)16-5-7-17(8-6-16)25(28)29/h3-8,11,13,18-19,21H,9-10,12H2,1-2H3. The monoisotopic (exact) mass is 437 g/mol. The Morgan fingerprint density at radius 3 is 2.59 bits per heavy atom. The highest BCUT2D eigenvalue weighted by molar-refractivity contribution is 5.96. The summed E-state index contributed by atoms with van der Waals surface area (Å²) in [5, 5.41) is 10.8. The molecule has 32 heavy (non-hydrogen) atoms. The molecule has 1 heterocycles. The van der Waals surface area contributed by atoms with E-state index >= 15 is 0 Å². The molecule has 3 atom stereocenters. The van der Waals surface area contributed by atoms with Gasteiger partial charge in [0.2, 0.25) is 11.5 Å². The van der Waals surface area contributed by atoms with E-state index in [0.717, 1.165) is 11.1 Å². The summed E-state index contributed by atoms with van der Waals surface area (Å²) in [5.41, 5.74) is 2.10. The molecule has 0 saturated heterocycles. The largest absolute Gasteiger partial charge is 0.493 e. The van der Waals surface area contributed by atoms with Crippen LogP contribution in [0.25, 0.3) is 0 Å². The summed E-state index contributed by atoms with van der Waals surface area (Å²) in [4.78, 5) is 35.6. The number of ketones is 1. The van der Waals surface area contributed by atoms with Gasteiger partial charge < -0.3 is 14.2 Å². The van der Waals surface area contributed by atoms with Gasteiger partial charge in [0.15, 0.2) is 0 Å². The van der Waals surface area contributed by atoms with Crippen LogP contribution in [-0.2, 0) is 14.3 Å². The molecule has 8 heteroatoms. The molecule has 0 N–H and O–H groups in total. The summed E-state index contributed by atoms with van der Waals surface area (Å²) < 4.78 is 17.2. The number of carbonyl (C=O) groups is 2. The SMILES string of the molecule is Cc1ccc(C)c(OC2=COC3CC(OC(=O)c4ccc([N+](=O)[O-])cc4)CCC3C2=O)c1. The van der Waals surface area contributed by atoms with Crippen molar-refractivity contribution >= 4 is 17.4 Å². The van der Waals surface area contributed by atoms with Crippen molar-refractivity contribution in [1.82, 2.24) is 0 Å². The number of esters is 1. The second-order valence-electron chi connectivity index (χ2n) is 8.14. The highest BCUT2D eigenvalue weighted by Gasteiger charge is 2.42. The fraction of sp³-hybridized carbons (Fsp3) is 0.333. The fourth-order valence-electron chi connectivity index (χ4n) is 3.99. The van der Waals surface area contributed by atoms with Crippen LogP contribution >= 0.6 is 0 Å². The number of carbonyl (C=O) groups excluding carboxylic acids is 2. The maximum absolute atomic E-state index is 13.0. The second kappa shape index (κ2) is 8.82. The third kappa shape index (κ3) is 4.49. The molecule has 2 aromatic rings. The number of benzene rings is 2. The number of nitro groups is 1. The summed E-state index contributed by atoms with van der Waals surface area (Å²) in [6.45, 7) is 3.87. The molecule has 1 aliphatic carbocycles. The Morgan fingerprint density at radius 1 is 1.12 bits per heavy atom. The van der Waals surface area contributed by atoms with Crippen molar-refractivity contribution in [2.75, 3.05) is 0 Å². The van der Waals surface area contributed by atoms with Crippen LogP contribution in [0.2, 0.25) is 0 Å². The van der Waals surface area contributed by atoms with Crippen LogP contribution in [0, 0.1) is 29.9 Å². The van der Waals surface area contributed by atoms with Gasteiger partial charge in [0.1, 0.15) is 24.2 Å². The molecule has 2 aromatic carbocycles. The highest BCUT2D eigenvalue weighted by atomic mass is 16.6. The zero-order chi connectivity index (χ0) is 22.8. The lowest BCUT2D eigenvalue weighted by Crippen LogP contribution is -2.43. The van der Waals surface area contributed by atoms with Crippen LogP contribution in [0.4, 0.5) is 5.69 Å². The average molecular weight is 437 g/mol. The summed E-state index contributed by atoms with van der Waals surface area (Å²) in [6, 6.07) is 11.1. The van der Waals surface area contributed by atoms with E-state index < -0.39 is 23.1 Å². The second-order valence-corrected chi connectivity index (χ2v) is 8.14. The summed E-state index contributed by atoms with van der Waals surface area (Å²) in [6.07, 6.45) is 1.98. The van der Waals surface area contributed by atoms with E-state index in [4.69, 9.17) is 14.2 Å². The van der Waals surface area contributed by atoms with Gasteiger partial charge in [0.25, 0.3) is 5.69 Å². The van der Waals surface area contributed by atoms with Crippen molar-refractivity contribution in [2.24, 2.45) is 5.92 Å². The van der Waals surface area contributed by atoms with Gasteiger partial charge in [0.05, 0.1) is 16.4 Å². The Balaban J connectivity index is 1.38. The quantitative estimate of drug-likeness (QED) is 0.387. The van der Waals surface area contributed by atoms with E-state index in [1.807, 2.05) is 32.0 Å². The summed E-state index contributed by atoms with van der Waals surface area (Å²) in [5.74, 6) is -0.213. The Morgan fingerprint density at radius 2 is 1.88 bits per heavy atom. The number of nitro benzene ring substituents is 1. The van der Waals surface area contributed by atoms with E-state index in [0.29, 0.717) is 25.0 Å². The Kier molecular flexibility index (Phi) is 5.94. The van der Waals surface area contributed by atoms with Gasteiger partial charge in [-0.05, 0) is 56.0 Å². The lowest BCUT2D eigenvalue weighted by Gasteiger charge is -2.36. The molecule has 0 aromatic heterocycles. The normalized spacial score (nSPS) is 22.2. The first-order valence-electron chi connectivity index (χ1n) is 10.4. The molecule has 1 saturated carbocycles. The molecule has 166 valence electrons. The number of hydrogen-bond donors (Lipinski definition) is 0. The zero-order valence-corrected chi connectivity index (χ0v) is 17.8. The zero-order valence-electron chi connectivity index (χ0n) is 17.8. The molecule has 1 fully saturated rings. The number of hydrogen-bond acceptors (Lipinski definition) is 7. The number of allylic oxidation sites excluding steroid dienone is 1. The topological polar surface area (TPSA) is 105 Å². The van der Waals surface area contributed by atoms with Crippen molar-refractivity contribution in [2.45, 2.75) is 45.3 Å². The van der Waals surface area contributed by atoms with Crippen LogP contribution in [0.1, 0.15) is 40.7 Å². The molecule has 0 spiro atoms. The molecular weight excluding hydrogens is 414 g/mol. The van der Waals surface area contributed by atoms with Gasteiger partial charge in [-0.3, -0.25) is 14.9 Å². The lowest BCUT2D eigenvalue weighted by molar-refractivity contribution is -0.384. The van der Waals surface area contributed by atoms with Gasteiger partial charge in [-0.15, -0.1) is 0 Å². The maximum Gasteiger partial charge on any atom is 0.338 e. The molecule has 3 unspecified atom stereocenters. The minimum absolute atomic E-state index is 0.0955. The lowest BCUT2D eigenvalue weighted by atomic mass is 9.80. The number of nitrogens with zero attached hydrogens (tertiary/aromatic N) is 1. The van der Waals surface area contributed by atoms with Crippen molar-refractivity contribution < 1.29 is 28.7 Å². The van der Waals surface area contributed by atoms with Crippen molar-refractivity contribution in [3.63, 3.8) is 0 Å². The molecule has 1 aliphatic heterocycles. The van der Waals surface area contributed by atoms with Gasteiger partial charge in [0, 0.05) is 18.6 Å². The van der Waals surface area contributed by atoms with Crippen LogP contribution in [0.3, 0.4) is 0 Å². The number of non-ortho nitro benzene ring substituents is 1. The Labute approximate surface area is 184 Å². The first-order valence-corrected chi connectivity index (χ1v) is 10.4. The van der Waals surface area contributed by atoms with E-state index in [9.17, 15) is 19.7 Å². The first-order chi connectivity index (χ1) is 15.3. The highest BCUT2D eigenvalue weighted by Crippen LogP contribution is 2.36. The number of fused-ring (bicyclic) bond motifs is 1. The third-order valence-electron chi connectivity index (χ3n) is 5.82. The molecule has 2 aliphatic rings. The van der Waals surface area contributed by atoms with Gasteiger partial charge in [-0.2, -0.15) is 0 Å². The molecule has 4 rings (SSSR count). The molecular formula is C24H23NO7. The Hall–Kier alpha value is -3.68.